The number of benzene rings is 1. The number of likely N-dealkylation sites (N-methyl/N-ethyl adjacent to an activating group) is 1. The van der Waals surface area contributed by atoms with Gasteiger partial charge in [0.05, 0.1) is 19.1 Å². The number of carboxylic acids is 1. The van der Waals surface area contributed by atoms with Crippen LogP contribution in [0.3, 0.4) is 0 Å². The maximum Gasteiger partial charge on any atom is 0.310 e. The van der Waals surface area contributed by atoms with E-state index in [4.69, 9.17) is 16.3 Å². The molecule has 0 saturated carbocycles. The van der Waals surface area contributed by atoms with Crippen LogP contribution in [0, 0.1) is 5.92 Å². The molecule has 0 radical (unpaired) electrons. The molecule has 1 aliphatic rings. The number of aliphatic carboxylic acids is 1. The fourth-order valence-corrected chi connectivity index (χ4v) is 3.26. The summed E-state index contributed by atoms with van der Waals surface area (Å²) < 4.78 is 5.42. The predicted molar refractivity (Wildman–Crippen MR) is 82.6 cm³/mol. The number of carbonyl (C=O) groups is 1. The molecule has 3 unspecified atom stereocenters. The van der Waals surface area contributed by atoms with Gasteiger partial charge in [-0.3, -0.25) is 9.69 Å². The lowest BCUT2D eigenvalue weighted by Gasteiger charge is -2.36. The topological polar surface area (TPSA) is 49.8 Å². The van der Waals surface area contributed by atoms with Gasteiger partial charge in [-0.05, 0) is 30.7 Å². The highest BCUT2D eigenvalue weighted by molar-refractivity contribution is 6.30. The van der Waals surface area contributed by atoms with E-state index in [1.165, 1.54) is 5.56 Å². The molecule has 0 spiro atoms. The molecule has 1 heterocycles. The maximum absolute atomic E-state index is 11.4. The average molecular weight is 312 g/mol. The second-order valence-corrected chi connectivity index (χ2v) is 5.79. The second-order valence-electron chi connectivity index (χ2n) is 5.36. The van der Waals surface area contributed by atoms with Gasteiger partial charge in [-0.25, -0.2) is 0 Å². The smallest absolute Gasteiger partial charge is 0.310 e. The Kier molecular flexibility index (Phi) is 5.62. The molecule has 1 saturated heterocycles. The molecule has 5 heteroatoms. The van der Waals surface area contributed by atoms with Crippen LogP contribution in [-0.4, -0.2) is 41.8 Å². The Morgan fingerprint density at radius 2 is 2.05 bits per heavy atom. The van der Waals surface area contributed by atoms with E-state index in [0.29, 0.717) is 18.2 Å². The lowest BCUT2D eigenvalue weighted by atomic mass is 9.96. The van der Waals surface area contributed by atoms with Crippen LogP contribution in [0.4, 0.5) is 0 Å². The van der Waals surface area contributed by atoms with E-state index in [1.807, 2.05) is 24.3 Å². The summed E-state index contributed by atoms with van der Waals surface area (Å²) in [6.45, 7) is 5.75. The zero-order valence-electron chi connectivity index (χ0n) is 12.5. The molecule has 4 nitrogen and oxygen atoms in total. The predicted octanol–water partition coefficient (Wildman–Crippen LogP) is 3.21. The zero-order chi connectivity index (χ0) is 15.4. The minimum Gasteiger partial charge on any atom is -0.481 e. The molecule has 3 atom stereocenters. The van der Waals surface area contributed by atoms with Gasteiger partial charge in [0.2, 0.25) is 0 Å². The van der Waals surface area contributed by atoms with Crippen molar-refractivity contribution in [1.82, 2.24) is 4.90 Å². The van der Waals surface area contributed by atoms with Crippen LogP contribution >= 0.6 is 11.6 Å². The van der Waals surface area contributed by atoms with E-state index < -0.39 is 11.9 Å². The van der Waals surface area contributed by atoms with Gasteiger partial charge >= 0.3 is 5.97 Å². The van der Waals surface area contributed by atoms with Gasteiger partial charge in [0.1, 0.15) is 0 Å². The largest absolute Gasteiger partial charge is 0.481 e. The fourth-order valence-electron chi connectivity index (χ4n) is 3.14. The van der Waals surface area contributed by atoms with Crippen LogP contribution in [-0.2, 0) is 9.53 Å². The monoisotopic (exact) mass is 311 g/mol. The van der Waals surface area contributed by atoms with Crippen molar-refractivity contribution in [3.63, 3.8) is 0 Å². The third-order valence-electron chi connectivity index (χ3n) is 4.20. The standard InChI is InChI=1S/C16H22ClNO3/c1-3-14(11-5-7-12(17)8-6-11)18(4-2)15-10-21-9-13(15)16(19)20/h5-8,13-15H,3-4,9-10H2,1-2H3,(H,19,20). The van der Waals surface area contributed by atoms with Crippen molar-refractivity contribution in [2.24, 2.45) is 5.92 Å². The van der Waals surface area contributed by atoms with E-state index >= 15 is 0 Å². The first kappa shape index (κ1) is 16.3. The molecule has 116 valence electrons. The number of rotatable bonds is 6. The van der Waals surface area contributed by atoms with Crippen molar-refractivity contribution in [3.05, 3.63) is 34.9 Å². The molecule has 1 aromatic carbocycles. The lowest BCUT2D eigenvalue weighted by Crippen LogP contribution is -2.44. The van der Waals surface area contributed by atoms with Gasteiger partial charge in [0.15, 0.2) is 0 Å². The quantitative estimate of drug-likeness (QED) is 0.876. The number of carboxylic acid groups (broad SMARTS) is 1. The molecule has 0 bridgehead atoms. The molecule has 0 aromatic heterocycles. The number of nitrogens with zero attached hydrogens (tertiary/aromatic N) is 1. The van der Waals surface area contributed by atoms with Crippen LogP contribution < -0.4 is 0 Å². The third-order valence-corrected chi connectivity index (χ3v) is 4.45. The molecular weight excluding hydrogens is 290 g/mol. The molecule has 1 fully saturated rings. The minimum atomic E-state index is -0.776. The Bertz CT molecular complexity index is 477. The van der Waals surface area contributed by atoms with E-state index in [9.17, 15) is 9.90 Å². The molecule has 2 rings (SSSR count). The normalized spacial score (nSPS) is 23.4. The molecular formula is C16H22ClNO3. The molecule has 1 aromatic rings. The summed E-state index contributed by atoms with van der Waals surface area (Å²) in [6, 6.07) is 7.91. The maximum atomic E-state index is 11.4. The van der Waals surface area contributed by atoms with Crippen molar-refractivity contribution in [2.45, 2.75) is 32.4 Å². The SMILES string of the molecule is CCC(c1ccc(Cl)cc1)N(CC)C1COCC1C(=O)O. The van der Waals surface area contributed by atoms with Crippen LogP contribution in [0.25, 0.3) is 0 Å². The highest BCUT2D eigenvalue weighted by Crippen LogP contribution is 2.31. The molecule has 1 N–H and O–H groups in total. The van der Waals surface area contributed by atoms with Crippen LogP contribution in [0.15, 0.2) is 24.3 Å². The highest BCUT2D eigenvalue weighted by Gasteiger charge is 2.39. The third kappa shape index (κ3) is 3.57. The van der Waals surface area contributed by atoms with Crippen LogP contribution in [0.5, 0.6) is 0 Å². The molecule has 0 amide bonds. The number of ether oxygens (including phenoxy) is 1. The van der Waals surface area contributed by atoms with Gasteiger partial charge in [-0.1, -0.05) is 37.6 Å². The summed E-state index contributed by atoms with van der Waals surface area (Å²) in [4.78, 5) is 13.6. The minimum absolute atomic E-state index is 0.0758. The van der Waals surface area contributed by atoms with Gasteiger partial charge in [0.25, 0.3) is 0 Å². The fraction of sp³-hybridized carbons (Fsp3) is 0.562. The molecule has 1 aliphatic heterocycles. The zero-order valence-corrected chi connectivity index (χ0v) is 13.2. The van der Waals surface area contributed by atoms with E-state index in [2.05, 4.69) is 18.7 Å². The first-order chi connectivity index (χ1) is 10.1. The summed E-state index contributed by atoms with van der Waals surface area (Å²) in [6.07, 6.45) is 0.915. The number of hydrogen-bond acceptors (Lipinski definition) is 3. The van der Waals surface area contributed by atoms with Gasteiger partial charge in [-0.15, -0.1) is 0 Å². The second kappa shape index (κ2) is 7.25. The highest BCUT2D eigenvalue weighted by atomic mass is 35.5. The summed E-state index contributed by atoms with van der Waals surface area (Å²) in [5, 5.41) is 10.1. The Morgan fingerprint density at radius 3 is 2.57 bits per heavy atom. The summed E-state index contributed by atoms with van der Waals surface area (Å²) >= 11 is 5.95. The van der Waals surface area contributed by atoms with E-state index in [1.54, 1.807) is 0 Å². The van der Waals surface area contributed by atoms with Crippen molar-refractivity contribution in [3.8, 4) is 0 Å². The van der Waals surface area contributed by atoms with Gasteiger partial charge < -0.3 is 9.84 Å². The van der Waals surface area contributed by atoms with Crippen molar-refractivity contribution in [1.29, 1.82) is 0 Å². The average Bonchev–Trinajstić information content (AvgIpc) is 2.95. The number of halogens is 1. The van der Waals surface area contributed by atoms with Crippen LogP contribution in [0.1, 0.15) is 31.9 Å². The Morgan fingerprint density at radius 1 is 1.38 bits per heavy atom. The van der Waals surface area contributed by atoms with Gasteiger partial charge in [-0.2, -0.15) is 0 Å². The first-order valence-corrected chi connectivity index (χ1v) is 7.78. The van der Waals surface area contributed by atoms with Crippen LogP contribution in [0.2, 0.25) is 5.02 Å². The van der Waals surface area contributed by atoms with E-state index in [0.717, 1.165) is 13.0 Å². The summed E-state index contributed by atoms with van der Waals surface area (Å²) in [5.74, 6) is -1.23. The molecule has 0 aliphatic carbocycles. The Labute approximate surface area is 130 Å². The van der Waals surface area contributed by atoms with Gasteiger partial charge in [0, 0.05) is 17.1 Å². The van der Waals surface area contributed by atoms with Crippen molar-refractivity contribution >= 4 is 17.6 Å². The lowest BCUT2D eigenvalue weighted by molar-refractivity contribution is -0.143. The molecule has 21 heavy (non-hydrogen) atoms. The summed E-state index contributed by atoms with van der Waals surface area (Å²) in [5.41, 5.74) is 1.17. The Hall–Kier alpha value is -1.10. The van der Waals surface area contributed by atoms with Crippen molar-refractivity contribution < 1.29 is 14.6 Å². The summed E-state index contributed by atoms with van der Waals surface area (Å²) in [7, 11) is 0. The Balaban J connectivity index is 2.25. The number of hydrogen-bond donors (Lipinski definition) is 1. The van der Waals surface area contributed by atoms with E-state index in [-0.39, 0.29) is 12.1 Å². The first-order valence-electron chi connectivity index (χ1n) is 7.40. The van der Waals surface area contributed by atoms with Crippen molar-refractivity contribution in [2.75, 3.05) is 19.8 Å².